The van der Waals surface area contributed by atoms with Crippen molar-refractivity contribution in [3.8, 4) is 0 Å². The van der Waals surface area contributed by atoms with Crippen molar-refractivity contribution in [3.05, 3.63) is 65.2 Å². The van der Waals surface area contributed by atoms with Crippen molar-refractivity contribution in [1.29, 1.82) is 0 Å². The predicted molar refractivity (Wildman–Crippen MR) is 87.1 cm³/mol. The Bertz CT molecular complexity index is 774. The first-order valence-electron chi connectivity index (χ1n) is 7.83. The molecule has 2 N–H and O–H groups in total. The molecule has 124 valence electrons. The predicted octanol–water partition coefficient (Wildman–Crippen LogP) is 2.69. The van der Waals surface area contributed by atoms with Gasteiger partial charge in [0, 0.05) is 18.8 Å². The highest BCUT2D eigenvalue weighted by molar-refractivity contribution is 5.99. The second kappa shape index (κ2) is 6.78. The van der Waals surface area contributed by atoms with Crippen LogP contribution in [-0.2, 0) is 4.79 Å². The van der Waals surface area contributed by atoms with Gasteiger partial charge in [-0.2, -0.15) is 0 Å². The molecule has 1 unspecified atom stereocenters. The number of carbonyl (C=O) groups excluding carboxylic acids is 2. The second-order valence-electron chi connectivity index (χ2n) is 5.81. The summed E-state index contributed by atoms with van der Waals surface area (Å²) >= 11 is 0. The first kappa shape index (κ1) is 16.1. The number of rotatable bonds is 4. The molecule has 0 aliphatic heterocycles. The Balaban J connectivity index is 2.01. The van der Waals surface area contributed by atoms with Crippen molar-refractivity contribution in [2.24, 2.45) is 0 Å². The summed E-state index contributed by atoms with van der Waals surface area (Å²) in [7, 11) is 1.41. The quantitative estimate of drug-likeness (QED) is 0.907. The maximum Gasteiger partial charge on any atom is 0.321 e. The molecule has 24 heavy (non-hydrogen) atoms. The lowest BCUT2D eigenvalue weighted by Gasteiger charge is -2.17. The summed E-state index contributed by atoms with van der Waals surface area (Å²) in [6.45, 7) is 0. The van der Waals surface area contributed by atoms with Crippen molar-refractivity contribution >= 4 is 11.9 Å². The number of benzene rings is 1. The summed E-state index contributed by atoms with van der Waals surface area (Å²) in [5.41, 5.74) is 1.72. The Morgan fingerprint density at radius 3 is 2.67 bits per heavy atom. The van der Waals surface area contributed by atoms with Gasteiger partial charge in [0.05, 0.1) is 5.69 Å². The molecule has 0 spiro atoms. The van der Waals surface area contributed by atoms with Crippen LogP contribution in [0.1, 0.15) is 41.5 Å². The minimum atomic E-state index is -0.984. The van der Waals surface area contributed by atoms with E-state index in [2.05, 4.69) is 15.6 Å². The van der Waals surface area contributed by atoms with Crippen LogP contribution in [0.5, 0.6) is 0 Å². The molecule has 5 nitrogen and oxygen atoms in total. The van der Waals surface area contributed by atoms with E-state index >= 15 is 0 Å². The van der Waals surface area contributed by atoms with Gasteiger partial charge >= 0.3 is 6.03 Å². The van der Waals surface area contributed by atoms with E-state index in [9.17, 15) is 14.0 Å². The van der Waals surface area contributed by atoms with Gasteiger partial charge in [-0.1, -0.05) is 18.2 Å². The zero-order valence-corrected chi connectivity index (χ0v) is 13.3. The molecule has 3 amide bonds. The number of hydrogen-bond acceptors (Lipinski definition) is 3. The zero-order chi connectivity index (χ0) is 17.1. The number of halogens is 1. The Kier molecular flexibility index (Phi) is 4.55. The van der Waals surface area contributed by atoms with Gasteiger partial charge in [-0.3, -0.25) is 15.1 Å². The average Bonchev–Trinajstić information content (AvgIpc) is 3.42. The molecule has 1 aliphatic carbocycles. The van der Waals surface area contributed by atoms with Crippen molar-refractivity contribution in [3.63, 3.8) is 0 Å². The van der Waals surface area contributed by atoms with Crippen LogP contribution in [0.2, 0.25) is 0 Å². The Hall–Kier alpha value is -2.76. The number of carbonyl (C=O) groups is 2. The third kappa shape index (κ3) is 3.42. The molecule has 1 saturated carbocycles. The molecule has 1 aliphatic rings. The van der Waals surface area contributed by atoms with Gasteiger partial charge in [0.2, 0.25) is 5.91 Å². The molecule has 0 saturated heterocycles. The minimum Gasteiger partial charge on any atom is -0.341 e. The molecule has 1 aromatic heterocycles. The number of urea groups is 1. The second-order valence-corrected chi connectivity index (χ2v) is 5.81. The van der Waals surface area contributed by atoms with Crippen LogP contribution in [0.25, 0.3) is 0 Å². The van der Waals surface area contributed by atoms with Crippen molar-refractivity contribution < 1.29 is 14.0 Å². The van der Waals surface area contributed by atoms with Crippen LogP contribution in [0, 0.1) is 5.82 Å². The van der Waals surface area contributed by atoms with Gasteiger partial charge in [-0.05, 0) is 42.5 Å². The number of amides is 3. The monoisotopic (exact) mass is 327 g/mol. The molecule has 0 radical (unpaired) electrons. The highest BCUT2D eigenvalue weighted by atomic mass is 19.1. The van der Waals surface area contributed by atoms with Crippen molar-refractivity contribution in [2.45, 2.75) is 24.7 Å². The Morgan fingerprint density at radius 1 is 1.25 bits per heavy atom. The van der Waals surface area contributed by atoms with E-state index in [-0.39, 0.29) is 5.56 Å². The van der Waals surface area contributed by atoms with Crippen LogP contribution in [-0.4, -0.2) is 24.0 Å². The normalized spacial score (nSPS) is 14.8. The van der Waals surface area contributed by atoms with Gasteiger partial charge in [-0.15, -0.1) is 0 Å². The van der Waals surface area contributed by atoms with Crippen LogP contribution in [0.3, 0.4) is 0 Å². The fourth-order valence-corrected chi connectivity index (χ4v) is 2.68. The van der Waals surface area contributed by atoms with Crippen molar-refractivity contribution in [2.75, 3.05) is 7.05 Å². The number of pyridine rings is 1. The maximum atomic E-state index is 14.3. The first-order valence-corrected chi connectivity index (χ1v) is 7.83. The summed E-state index contributed by atoms with van der Waals surface area (Å²) in [6, 6.07) is 9.15. The molecule has 1 fully saturated rings. The molecule has 1 heterocycles. The van der Waals surface area contributed by atoms with Crippen LogP contribution >= 0.6 is 0 Å². The number of imide groups is 1. The molecule has 1 atom stereocenters. The summed E-state index contributed by atoms with van der Waals surface area (Å²) in [4.78, 5) is 28.3. The summed E-state index contributed by atoms with van der Waals surface area (Å²) in [5, 5.41) is 4.55. The van der Waals surface area contributed by atoms with Gasteiger partial charge in [-0.25, -0.2) is 9.18 Å². The van der Waals surface area contributed by atoms with E-state index in [1.54, 1.807) is 18.3 Å². The fourth-order valence-electron chi connectivity index (χ4n) is 2.68. The van der Waals surface area contributed by atoms with Gasteiger partial charge in [0.1, 0.15) is 11.7 Å². The van der Waals surface area contributed by atoms with E-state index in [0.29, 0.717) is 11.6 Å². The number of nitrogens with one attached hydrogen (secondary N) is 2. The minimum absolute atomic E-state index is 0.194. The van der Waals surface area contributed by atoms with Crippen LogP contribution < -0.4 is 10.6 Å². The largest absolute Gasteiger partial charge is 0.341 e. The molecule has 2 aromatic rings. The molecule has 0 bridgehead atoms. The molecule has 6 heteroatoms. The lowest BCUT2D eigenvalue weighted by Crippen LogP contribution is -2.40. The van der Waals surface area contributed by atoms with Gasteiger partial charge in [0.15, 0.2) is 0 Å². The standard InChI is InChI=1S/C18H18FN3O2/c1-20-18(24)22-17(23)16(13-4-2-3-5-14(13)19)15-10-12(8-9-21-15)11-6-7-11/h2-5,8-11,16H,6-7H2,1H3,(H2,20,22,23,24). The lowest BCUT2D eigenvalue weighted by atomic mass is 9.92. The summed E-state index contributed by atoms with van der Waals surface area (Å²) in [6.07, 6.45) is 3.85. The molecular weight excluding hydrogens is 309 g/mol. The van der Waals surface area contributed by atoms with Crippen LogP contribution in [0.4, 0.5) is 9.18 Å². The average molecular weight is 327 g/mol. The highest BCUT2D eigenvalue weighted by Gasteiger charge is 2.30. The van der Waals surface area contributed by atoms with Gasteiger partial charge in [0.25, 0.3) is 0 Å². The first-order chi connectivity index (χ1) is 11.6. The third-order valence-corrected chi connectivity index (χ3v) is 4.09. The highest BCUT2D eigenvalue weighted by Crippen LogP contribution is 2.40. The Labute approximate surface area is 139 Å². The summed E-state index contributed by atoms with van der Waals surface area (Å²) < 4.78 is 14.3. The lowest BCUT2D eigenvalue weighted by molar-refractivity contribution is -0.120. The maximum absolute atomic E-state index is 14.3. The van der Waals surface area contributed by atoms with E-state index in [1.807, 2.05) is 12.1 Å². The van der Waals surface area contributed by atoms with Crippen LogP contribution in [0.15, 0.2) is 42.6 Å². The smallest absolute Gasteiger partial charge is 0.321 e. The fraction of sp³-hybridized carbons (Fsp3) is 0.278. The molecular formula is C18H18FN3O2. The third-order valence-electron chi connectivity index (χ3n) is 4.09. The summed E-state index contributed by atoms with van der Waals surface area (Å²) in [5.74, 6) is -1.62. The number of nitrogens with zero attached hydrogens (tertiary/aromatic N) is 1. The van der Waals surface area contributed by atoms with Crippen molar-refractivity contribution in [1.82, 2.24) is 15.6 Å². The molecule has 1 aromatic carbocycles. The SMILES string of the molecule is CNC(=O)NC(=O)C(c1cc(C2CC2)ccn1)c1ccccc1F. The van der Waals surface area contributed by atoms with E-state index < -0.39 is 23.7 Å². The molecule has 3 rings (SSSR count). The van der Waals surface area contributed by atoms with E-state index in [4.69, 9.17) is 0 Å². The van der Waals surface area contributed by atoms with E-state index in [1.165, 1.54) is 19.2 Å². The zero-order valence-electron chi connectivity index (χ0n) is 13.3. The number of hydrogen-bond donors (Lipinski definition) is 2. The van der Waals surface area contributed by atoms with Gasteiger partial charge < -0.3 is 5.32 Å². The number of aromatic nitrogens is 1. The topological polar surface area (TPSA) is 71.1 Å². The van der Waals surface area contributed by atoms with E-state index in [0.717, 1.165) is 18.4 Å². The Morgan fingerprint density at radius 2 is 2.00 bits per heavy atom.